The zero-order valence-electron chi connectivity index (χ0n) is 14.3. The number of nitrogens with one attached hydrogen (secondary N) is 2. The Morgan fingerprint density at radius 3 is 2.43 bits per heavy atom. The fourth-order valence-electron chi connectivity index (χ4n) is 3.14. The molecule has 1 saturated heterocycles. The van der Waals surface area contributed by atoms with Gasteiger partial charge in [-0.3, -0.25) is 0 Å². The van der Waals surface area contributed by atoms with Gasteiger partial charge in [0, 0.05) is 6.42 Å². The van der Waals surface area contributed by atoms with E-state index < -0.39 is 0 Å². The Kier molecular flexibility index (Phi) is 5.32. The highest BCUT2D eigenvalue weighted by molar-refractivity contribution is 4.93. The van der Waals surface area contributed by atoms with E-state index in [4.69, 9.17) is 0 Å². The van der Waals surface area contributed by atoms with Gasteiger partial charge < -0.3 is 9.80 Å². The van der Waals surface area contributed by atoms with Crippen LogP contribution in [0.2, 0.25) is 0 Å². The maximum atomic E-state index is 4.42. The molecule has 0 spiro atoms. The van der Waals surface area contributed by atoms with Crippen molar-refractivity contribution in [2.24, 2.45) is 0 Å². The summed E-state index contributed by atoms with van der Waals surface area (Å²) in [4.78, 5) is 3.30. The lowest BCUT2D eigenvalue weighted by Gasteiger charge is -2.34. The number of hydrogen-bond acceptors (Lipinski definition) is 3. The number of aromatic nitrogens is 4. The fraction of sp³-hybridized carbons (Fsp3) is 0.933. The zero-order chi connectivity index (χ0) is 15.5. The highest BCUT2D eigenvalue weighted by atomic mass is 15.6. The molecule has 120 valence electrons. The summed E-state index contributed by atoms with van der Waals surface area (Å²) in [6, 6.07) is 0.434. The first kappa shape index (κ1) is 16.4. The van der Waals surface area contributed by atoms with Crippen LogP contribution in [0.4, 0.5) is 0 Å². The quantitative estimate of drug-likeness (QED) is 0.713. The third kappa shape index (κ3) is 3.61. The normalized spacial score (nSPS) is 25.0. The molecule has 0 radical (unpaired) electrons. The van der Waals surface area contributed by atoms with Gasteiger partial charge >= 0.3 is 0 Å². The second-order valence-electron chi connectivity index (χ2n) is 7.07. The molecule has 0 saturated carbocycles. The molecule has 1 aromatic heterocycles. The van der Waals surface area contributed by atoms with Gasteiger partial charge in [-0.25, -0.2) is 4.68 Å². The molecule has 1 aliphatic heterocycles. The standard InChI is InChI=1S/C15H30N6/c1-6-8-13(20-11-9-19(5)10-12-20)14-16-17-18-21(14)15(3,4)7-2/h13H,6-12H2,1-5H3/p+2/t13-/m0/s1. The van der Waals surface area contributed by atoms with Crippen LogP contribution >= 0.6 is 0 Å². The van der Waals surface area contributed by atoms with Gasteiger partial charge in [-0.15, -0.1) is 5.10 Å². The third-order valence-corrected chi connectivity index (χ3v) is 5.06. The van der Waals surface area contributed by atoms with Crippen molar-refractivity contribution in [1.82, 2.24) is 20.2 Å². The molecule has 0 aromatic carbocycles. The van der Waals surface area contributed by atoms with Crippen LogP contribution in [0.15, 0.2) is 0 Å². The van der Waals surface area contributed by atoms with Crippen molar-refractivity contribution in [3.63, 3.8) is 0 Å². The van der Waals surface area contributed by atoms with E-state index >= 15 is 0 Å². The summed E-state index contributed by atoms with van der Waals surface area (Å²) in [7, 11) is 2.29. The van der Waals surface area contributed by atoms with E-state index in [0.29, 0.717) is 6.04 Å². The van der Waals surface area contributed by atoms with E-state index in [1.165, 1.54) is 32.6 Å². The molecule has 0 bridgehead atoms. The molecular weight excluding hydrogens is 264 g/mol. The first-order chi connectivity index (χ1) is 9.99. The average molecular weight is 296 g/mol. The van der Waals surface area contributed by atoms with Gasteiger partial charge in [-0.05, 0) is 30.7 Å². The molecule has 1 aliphatic rings. The monoisotopic (exact) mass is 296 g/mol. The molecule has 2 heterocycles. The molecule has 1 atom stereocenters. The molecule has 6 heteroatoms. The number of piperazine rings is 1. The van der Waals surface area contributed by atoms with Gasteiger partial charge in [0.15, 0.2) is 0 Å². The van der Waals surface area contributed by atoms with Crippen molar-refractivity contribution in [1.29, 1.82) is 0 Å². The highest BCUT2D eigenvalue weighted by Crippen LogP contribution is 2.22. The van der Waals surface area contributed by atoms with E-state index in [0.717, 1.165) is 18.7 Å². The van der Waals surface area contributed by atoms with Crippen LogP contribution in [0, 0.1) is 0 Å². The molecule has 6 nitrogen and oxygen atoms in total. The van der Waals surface area contributed by atoms with E-state index in [9.17, 15) is 0 Å². The molecule has 2 N–H and O–H groups in total. The number of tetrazole rings is 1. The first-order valence-corrected chi connectivity index (χ1v) is 8.44. The van der Waals surface area contributed by atoms with E-state index in [2.05, 4.69) is 54.9 Å². The Labute approximate surface area is 128 Å². The minimum Gasteiger partial charge on any atom is -0.328 e. The van der Waals surface area contributed by atoms with Crippen LogP contribution in [-0.2, 0) is 5.54 Å². The van der Waals surface area contributed by atoms with Crippen molar-refractivity contribution in [3.8, 4) is 0 Å². The Balaban J connectivity index is 2.25. The molecule has 0 amide bonds. The Bertz CT molecular complexity index is 433. The predicted molar refractivity (Wildman–Crippen MR) is 82.4 cm³/mol. The van der Waals surface area contributed by atoms with E-state index in [-0.39, 0.29) is 5.54 Å². The average Bonchev–Trinajstić information content (AvgIpc) is 2.96. The largest absolute Gasteiger partial charge is 0.328 e. The number of rotatable bonds is 6. The van der Waals surface area contributed by atoms with Crippen LogP contribution in [-0.4, -0.2) is 53.4 Å². The Hall–Kier alpha value is -1.01. The molecule has 2 rings (SSSR count). The van der Waals surface area contributed by atoms with Gasteiger partial charge in [0.25, 0.3) is 0 Å². The van der Waals surface area contributed by atoms with Crippen LogP contribution < -0.4 is 9.80 Å². The minimum absolute atomic E-state index is 0.0118. The first-order valence-electron chi connectivity index (χ1n) is 8.44. The number of likely N-dealkylation sites (N-methyl/N-ethyl adjacent to an activating group) is 1. The lowest BCUT2D eigenvalue weighted by molar-refractivity contribution is -1.02. The van der Waals surface area contributed by atoms with Crippen LogP contribution in [0.5, 0.6) is 0 Å². The van der Waals surface area contributed by atoms with Gasteiger partial charge in [-0.1, -0.05) is 20.3 Å². The highest BCUT2D eigenvalue weighted by Gasteiger charge is 2.35. The molecule has 0 aliphatic carbocycles. The molecule has 1 aromatic rings. The number of quaternary nitrogens is 2. The topological polar surface area (TPSA) is 52.5 Å². The maximum Gasteiger partial charge on any atom is 0.209 e. The summed E-state index contributed by atoms with van der Waals surface area (Å²) in [6.45, 7) is 13.8. The van der Waals surface area contributed by atoms with Gasteiger partial charge in [0.1, 0.15) is 32.2 Å². The lowest BCUT2D eigenvalue weighted by Crippen LogP contribution is -3.27. The van der Waals surface area contributed by atoms with Gasteiger partial charge in [0.2, 0.25) is 5.82 Å². The van der Waals surface area contributed by atoms with Gasteiger partial charge in [0.05, 0.1) is 12.6 Å². The summed E-state index contributed by atoms with van der Waals surface area (Å²) in [5.74, 6) is 1.08. The lowest BCUT2D eigenvalue weighted by atomic mass is 10.0. The number of hydrogen-bond donors (Lipinski definition) is 2. The van der Waals surface area contributed by atoms with Crippen molar-refractivity contribution in [2.45, 2.75) is 58.5 Å². The van der Waals surface area contributed by atoms with Crippen molar-refractivity contribution >= 4 is 0 Å². The third-order valence-electron chi connectivity index (χ3n) is 5.06. The summed E-state index contributed by atoms with van der Waals surface area (Å²) < 4.78 is 2.07. The zero-order valence-corrected chi connectivity index (χ0v) is 14.3. The van der Waals surface area contributed by atoms with Crippen molar-refractivity contribution in [3.05, 3.63) is 5.82 Å². The summed E-state index contributed by atoms with van der Waals surface area (Å²) in [5, 5.41) is 12.7. The van der Waals surface area contributed by atoms with Gasteiger partial charge in [-0.2, -0.15) is 0 Å². The Morgan fingerprint density at radius 2 is 1.86 bits per heavy atom. The molecular formula is C15H32N6+2. The molecule has 21 heavy (non-hydrogen) atoms. The Morgan fingerprint density at radius 1 is 1.19 bits per heavy atom. The van der Waals surface area contributed by atoms with E-state index in [1.807, 2.05) is 0 Å². The second-order valence-corrected chi connectivity index (χ2v) is 7.07. The second kappa shape index (κ2) is 6.83. The van der Waals surface area contributed by atoms with Crippen molar-refractivity contribution in [2.75, 3.05) is 33.2 Å². The van der Waals surface area contributed by atoms with Crippen LogP contribution in [0.1, 0.15) is 58.8 Å². The maximum absolute atomic E-state index is 4.42. The summed E-state index contributed by atoms with van der Waals surface area (Å²) in [6.07, 6.45) is 3.37. The molecule has 0 unspecified atom stereocenters. The smallest absolute Gasteiger partial charge is 0.209 e. The van der Waals surface area contributed by atoms with Crippen molar-refractivity contribution < 1.29 is 9.80 Å². The van der Waals surface area contributed by atoms with E-state index in [1.54, 1.807) is 9.80 Å². The minimum atomic E-state index is -0.0118. The summed E-state index contributed by atoms with van der Waals surface area (Å²) >= 11 is 0. The molecule has 1 fully saturated rings. The summed E-state index contributed by atoms with van der Waals surface area (Å²) in [5.41, 5.74) is -0.0118. The van der Waals surface area contributed by atoms with Crippen LogP contribution in [0.3, 0.4) is 0 Å². The van der Waals surface area contributed by atoms with Crippen LogP contribution in [0.25, 0.3) is 0 Å². The fourth-order valence-corrected chi connectivity index (χ4v) is 3.14. The SMILES string of the molecule is CCC[C@@H](c1nnnn1C(C)(C)CC)[NH+]1CC[NH+](C)CC1. The number of nitrogens with zero attached hydrogens (tertiary/aromatic N) is 4. The predicted octanol–water partition coefficient (Wildman–Crippen LogP) is -0.927.